The highest BCUT2D eigenvalue weighted by Gasteiger charge is 2.28. The Morgan fingerprint density at radius 1 is 0.500 bits per heavy atom. The fraction of sp³-hybridized carbons (Fsp3) is 0. The molecule has 2 aromatic rings. The predicted octanol–water partition coefficient (Wildman–Crippen LogP) is -0.357. The maximum atomic E-state index is 9.93. The molecule has 0 saturated heterocycles. The van der Waals surface area contributed by atoms with E-state index in [0.717, 1.165) is 0 Å². The van der Waals surface area contributed by atoms with Crippen LogP contribution in [0.5, 0.6) is 40.2 Å². The van der Waals surface area contributed by atoms with Gasteiger partial charge in [-0.25, -0.2) is 0 Å². The standard InChI is InChI=1S/C12H7B2BrO7/c13-3-1(6(16)12(22)9(19)4(3)14)2-7(17)10(20)5(15)11(21)8(2)18/h16-22H. The van der Waals surface area contributed by atoms with Crippen LogP contribution in [0.4, 0.5) is 0 Å². The zero-order chi connectivity index (χ0) is 16.9. The van der Waals surface area contributed by atoms with Gasteiger partial charge in [0.05, 0.1) is 5.56 Å². The number of hydrogen-bond donors (Lipinski definition) is 7. The van der Waals surface area contributed by atoms with Gasteiger partial charge in [-0.05, 0) is 15.9 Å². The number of hydrogen-bond acceptors (Lipinski definition) is 7. The Hall–Kier alpha value is -2.35. The molecule has 4 radical (unpaired) electrons. The Bertz CT molecular complexity index is 682. The average Bonchev–Trinajstić information content (AvgIpc) is 2.50. The van der Waals surface area contributed by atoms with E-state index in [1.54, 1.807) is 0 Å². The molecular formula is C12H7B2BrO7. The van der Waals surface area contributed by atoms with E-state index in [4.69, 9.17) is 15.7 Å². The SMILES string of the molecule is [B]c1c([B])c(-c2c(O)c(O)c(Br)c(O)c2O)c(O)c(O)c1O. The van der Waals surface area contributed by atoms with Crippen LogP contribution >= 0.6 is 15.9 Å². The minimum absolute atomic E-state index is 0.403. The molecule has 0 aliphatic carbocycles. The van der Waals surface area contributed by atoms with Crippen molar-refractivity contribution in [1.29, 1.82) is 0 Å². The van der Waals surface area contributed by atoms with Gasteiger partial charge >= 0.3 is 0 Å². The number of phenolic OH excluding ortho intramolecular Hbond substituents is 7. The van der Waals surface area contributed by atoms with Crippen LogP contribution in [0.25, 0.3) is 11.1 Å². The van der Waals surface area contributed by atoms with Crippen LogP contribution in [-0.4, -0.2) is 51.4 Å². The second kappa shape index (κ2) is 5.13. The number of phenols is 7. The first-order chi connectivity index (χ1) is 10.1. The summed E-state index contributed by atoms with van der Waals surface area (Å²) in [6, 6.07) is 0. The largest absolute Gasteiger partial charge is 0.505 e. The Morgan fingerprint density at radius 2 is 0.909 bits per heavy atom. The normalized spacial score (nSPS) is 10.8. The van der Waals surface area contributed by atoms with Gasteiger partial charge in [-0.15, -0.1) is 0 Å². The van der Waals surface area contributed by atoms with E-state index in [2.05, 4.69) is 15.9 Å². The summed E-state index contributed by atoms with van der Waals surface area (Å²) in [6.07, 6.45) is 0. The summed E-state index contributed by atoms with van der Waals surface area (Å²) in [5, 5.41) is 68.2. The summed E-state index contributed by atoms with van der Waals surface area (Å²) in [5.74, 6) is -6.57. The molecule has 0 aliphatic heterocycles. The van der Waals surface area contributed by atoms with Crippen molar-refractivity contribution >= 4 is 42.5 Å². The molecule has 7 N–H and O–H groups in total. The zero-order valence-electron chi connectivity index (χ0n) is 10.7. The van der Waals surface area contributed by atoms with E-state index in [1.807, 2.05) is 0 Å². The Balaban J connectivity index is 3.03. The van der Waals surface area contributed by atoms with Crippen molar-refractivity contribution in [1.82, 2.24) is 0 Å². The second-order valence-corrected chi connectivity index (χ2v) is 5.12. The molecule has 0 amide bonds. The molecule has 0 aliphatic rings. The van der Waals surface area contributed by atoms with Crippen LogP contribution in [0.3, 0.4) is 0 Å². The van der Waals surface area contributed by atoms with Crippen LogP contribution in [0, 0.1) is 0 Å². The topological polar surface area (TPSA) is 142 Å². The zero-order valence-corrected chi connectivity index (χ0v) is 12.2. The van der Waals surface area contributed by atoms with Gasteiger partial charge in [0.2, 0.25) is 0 Å². The number of halogens is 1. The van der Waals surface area contributed by atoms with Gasteiger partial charge in [-0.3, -0.25) is 0 Å². The van der Waals surface area contributed by atoms with Crippen LogP contribution in [0.15, 0.2) is 4.47 Å². The van der Waals surface area contributed by atoms with Gasteiger partial charge in [-0.2, -0.15) is 0 Å². The van der Waals surface area contributed by atoms with E-state index >= 15 is 0 Å². The molecule has 22 heavy (non-hydrogen) atoms. The monoisotopic (exact) mass is 364 g/mol. The molecule has 0 fully saturated rings. The minimum Gasteiger partial charge on any atom is -0.505 e. The molecule has 2 aromatic carbocycles. The molecule has 2 rings (SSSR count). The Kier molecular flexibility index (Phi) is 3.74. The molecule has 0 spiro atoms. The van der Waals surface area contributed by atoms with Crippen molar-refractivity contribution in [2.45, 2.75) is 0 Å². The molecular weight excluding hydrogens is 358 g/mol. The van der Waals surface area contributed by atoms with Gasteiger partial charge < -0.3 is 35.7 Å². The molecule has 0 aromatic heterocycles. The number of benzene rings is 2. The minimum atomic E-state index is -1.05. The van der Waals surface area contributed by atoms with Gasteiger partial charge in [0.1, 0.15) is 20.2 Å². The molecule has 0 saturated carbocycles. The summed E-state index contributed by atoms with van der Waals surface area (Å²) >= 11 is 2.74. The lowest BCUT2D eigenvalue weighted by molar-refractivity contribution is 0.366. The maximum absolute atomic E-state index is 9.93. The summed E-state index contributed by atoms with van der Waals surface area (Å²) in [5.41, 5.74) is -2.30. The third kappa shape index (κ3) is 1.98. The van der Waals surface area contributed by atoms with Crippen molar-refractivity contribution in [2.24, 2.45) is 0 Å². The molecule has 7 nitrogen and oxygen atoms in total. The predicted molar refractivity (Wildman–Crippen MR) is 82.0 cm³/mol. The molecule has 110 valence electrons. The number of aromatic hydroxyl groups is 7. The summed E-state index contributed by atoms with van der Waals surface area (Å²) in [4.78, 5) is 0. The Labute approximate surface area is 134 Å². The van der Waals surface area contributed by atoms with Gasteiger partial charge in [-0.1, -0.05) is 10.9 Å². The smallest absolute Gasteiger partial charge is 0.200 e. The van der Waals surface area contributed by atoms with Crippen LogP contribution in [-0.2, 0) is 0 Å². The molecule has 0 heterocycles. The van der Waals surface area contributed by atoms with Crippen LogP contribution < -0.4 is 10.9 Å². The molecule has 10 heteroatoms. The van der Waals surface area contributed by atoms with E-state index < -0.39 is 66.8 Å². The highest BCUT2D eigenvalue weighted by atomic mass is 79.9. The Morgan fingerprint density at radius 3 is 1.36 bits per heavy atom. The lowest BCUT2D eigenvalue weighted by Crippen LogP contribution is -2.28. The van der Waals surface area contributed by atoms with Gasteiger partial charge in [0, 0.05) is 5.56 Å². The fourth-order valence-corrected chi connectivity index (χ4v) is 2.28. The van der Waals surface area contributed by atoms with Crippen LogP contribution in [0.2, 0.25) is 0 Å². The highest BCUT2D eigenvalue weighted by molar-refractivity contribution is 9.10. The lowest BCUT2D eigenvalue weighted by atomic mass is 9.74. The van der Waals surface area contributed by atoms with E-state index in [1.165, 1.54) is 0 Å². The molecule has 0 unspecified atom stereocenters. The van der Waals surface area contributed by atoms with Crippen molar-refractivity contribution in [3.8, 4) is 51.4 Å². The fourth-order valence-electron chi connectivity index (χ4n) is 1.91. The average molecular weight is 365 g/mol. The summed E-state index contributed by atoms with van der Waals surface area (Å²) in [6.45, 7) is 0. The maximum Gasteiger partial charge on any atom is 0.200 e. The van der Waals surface area contributed by atoms with Crippen molar-refractivity contribution < 1.29 is 35.7 Å². The van der Waals surface area contributed by atoms with Gasteiger partial charge in [0.15, 0.2) is 40.2 Å². The van der Waals surface area contributed by atoms with Crippen molar-refractivity contribution in [2.75, 3.05) is 0 Å². The first-order valence-corrected chi connectivity index (χ1v) is 6.37. The van der Waals surface area contributed by atoms with Crippen LogP contribution in [0.1, 0.15) is 0 Å². The first-order valence-electron chi connectivity index (χ1n) is 5.58. The lowest BCUT2D eigenvalue weighted by Gasteiger charge is -2.19. The van der Waals surface area contributed by atoms with E-state index in [0.29, 0.717) is 0 Å². The van der Waals surface area contributed by atoms with Crippen molar-refractivity contribution in [3.63, 3.8) is 0 Å². The number of rotatable bonds is 1. The summed E-state index contributed by atoms with van der Waals surface area (Å²) in [7, 11) is 11.1. The van der Waals surface area contributed by atoms with Gasteiger partial charge in [0.25, 0.3) is 0 Å². The van der Waals surface area contributed by atoms with E-state index in [-0.39, 0.29) is 0 Å². The molecule has 0 atom stereocenters. The third-order valence-electron chi connectivity index (χ3n) is 3.09. The summed E-state index contributed by atoms with van der Waals surface area (Å²) < 4.78 is -0.403. The highest BCUT2D eigenvalue weighted by Crippen LogP contribution is 2.55. The molecule has 0 bridgehead atoms. The second-order valence-electron chi connectivity index (χ2n) is 4.33. The first kappa shape index (κ1) is 16.0. The third-order valence-corrected chi connectivity index (χ3v) is 3.84. The van der Waals surface area contributed by atoms with Crippen molar-refractivity contribution in [3.05, 3.63) is 4.47 Å². The van der Waals surface area contributed by atoms with E-state index in [9.17, 15) is 35.7 Å². The quantitative estimate of drug-likeness (QED) is 0.208.